The summed E-state index contributed by atoms with van der Waals surface area (Å²) in [5.74, 6) is -0.476. The van der Waals surface area contributed by atoms with Crippen LogP contribution < -0.4 is 19.5 Å². The van der Waals surface area contributed by atoms with Gasteiger partial charge in [0.25, 0.3) is 0 Å². The molecule has 2 saturated carbocycles. The van der Waals surface area contributed by atoms with Crippen LogP contribution >= 0.6 is 0 Å². The number of aryl methyl sites for hydroxylation is 1. The summed E-state index contributed by atoms with van der Waals surface area (Å²) in [6, 6.07) is 11.1. The molecular weight excluding hydrogens is 636 g/mol. The zero-order valence-electron chi connectivity index (χ0n) is 29.7. The van der Waals surface area contributed by atoms with Gasteiger partial charge in [0.05, 0.1) is 43.6 Å². The second kappa shape index (κ2) is 15.7. The summed E-state index contributed by atoms with van der Waals surface area (Å²) in [7, 11) is 4.98. The second-order valence-electron chi connectivity index (χ2n) is 13.1. The molecule has 2 aliphatic rings. The van der Waals surface area contributed by atoms with E-state index in [0.29, 0.717) is 53.5 Å². The van der Waals surface area contributed by atoms with Crippen LogP contribution in [0.4, 0.5) is 0 Å². The lowest BCUT2D eigenvalue weighted by Gasteiger charge is -2.26. The molecule has 0 radical (unpaired) electrons. The van der Waals surface area contributed by atoms with Crippen molar-refractivity contribution in [2.75, 3.05) is 34.4 Å². The summed E-state index contributed by atoms with van der Waals surface area (Å²) in [6.45, 7) is 12.0. The van der Waals surface area contributed by atoms with E-state index in [0.717, 1.165) is 30.4 Å². The quantitative estimate of drug-likeness (QED) is 0.113. The molecule has 2 aromatic carbocycles. The Hall–Kier alpha value is -4.93. The van der Waals surface area contributed by atoms with E-state index in [1.165, 1.54) is 0 Å². The third-order valence-corrected chi connectivity index (χ3v) is 9.87. The smallest absolute Gasteiger partial charge is 0.332 e. The molecule has 2 aliphatic carbocycles. The fourth-order valence-corrected chi connectivity index (χ4v) is 6.88. The van der Waals surface area contributed by atoms with Crippen molar-refractivity contribution in [2.45, 2.75) is 64.0 Å². The molecule has 1 aromatic heterocycles. The number of nitrogens with one attached hydrogen (secondary N) is 1. The highest BCUT2D eigenvalue weighted by atomic mass is 16.5. The van der Waals surface area contributed by atoms with Gasteiger partial charge in [0.15, 0.2) is 5.82 Å². The van der Waals surface area contributed by atoms with Crippen molar-refractivity contribution >= 4 is 28.7 Å². The van der Waals surface area contributed by atoms with E-state index in [4.69, 9.17) is 28.9 Å². The minimum atomic E-state index is -1.18. The molecule has 50 heavy (non-hydrogen) atoms. The lowest BCUT2D eigenvalue weighted by Crippen LogP contribution is -2.50. The van der Waals surface area contributed by atoms with Crippen LogP contribution in [0.1, 0.15) is 51.0 Å². The zero-order chi connectivity index (χ0) is 36.0. The monoisotopic (exact) mass is 684 g/mol. The van der Waals surface area contributed by atoms with Crippen molar-refractivity contribution in [3.05, 3.63) is 67.3 Å². The van der Waals surface area contributed by atoms with E-state index < -0.39 is 29.4 Å². The number of amides is 2. The van der Waals surface area contributed by atoms with Gasteiger partial charge in [-0.3, -0.25) is 9.59 Å². The highest BCUT2D eigenvalue weighted by molar-refractivity contribution is 5.95. The number of hydrogen-bond acceptors (Lipinski definition) is 9. The number of carbonyl (C=O) groups is 3. The van der Waals surface area contributed by atoms with Crippen molar-refractivity contribution < 1.29 is 33.3 Å². The molecule has 2 amide bonds. The molecule has 0 saturated heterocycles. The summed E-state index contributed by atoms with van der Waals surface area (Å²) < 4.78 is 22.9. The standard InChI is InChI=1S/C39H48N4O7/c1-8-11-12-13-20-43(5)37(45)31-22-28(21-30(31)35(44)42-39(23-26(39)9-2)38(46)49-10-3)50-36-29-18-19-32(48-7)24(4)33(29)40-34(41-36)25-14-16-27(47-6)17-15-25/h8-9,14-19,26,28,30-31H,1-2,10-13,20-23H2,3-7H3,(H,42,44)/t26-,28-,30-,31-,39-/m1/s1. The molecular formula is C39H48N4O7. The molecule has 0 bridgehead atoms. The summed E-state index contributed by atoms with van der Waals surface area (Å²) in [5.41, 5.74) is 1.08. The number of carbonyl (C=O) groups excluding carboxylic acids is 3. The summed E-state index contributed by atoms with van der Waals surface area (Å²) in [4.78, 5) is 52.5. The highest BCUT2D eigenvalue weighted by Crippen LogP contribution is 2.47. The fraction of sp³-hybridized carbons (Fsp3) is 0.462. The van der Waals surface area contributed by atoms with Gasteiger partial charge in [-0.25, -0.2) is 9.78 Å². The Morgan fingerprint density at radius 3 is 2.40 bits per heavy atom. The van der Waals surface area contributed by atoms with Gasteiger partial charge >= 0.3 is 5.97 Å². The van der Waals surface area contributed by atoms with E-state index in [-0.39, 0.29) is 30.8 Å². The van der Waals surface area contributed by atoms with Crippen molar-refractivity contribution in [1.82, 2.24) is 20.2 Å². The molecule has 266 valence electrons. The van der Waals surface area contributed by atoms with Gasteiger partial charge in [-0.15, -0.1) is 13.2 Å². The summed E-state index contributed by atoms with van der Waals surface area (Å²) in [6.07, 6.45) is 6.54. The maximum Gasteiger partial charge on any atom is 0.332 e. The van der Waals surface area contributed by atoms with Crippen molar-refractivity contribution in [1.29, 1.82) is 0 Å². The van der Waals surface area contributed by atoms with E-state index in [1.54, 1.807) is 39.2 Å². The molecule has 11 nitrogen and oxygen atoms in total. The molecule has 0 spiro atoms. The van der Waals surface area contributed by atoms with E-state index in [1.807, 2.05) is 49.4 Å². The van der Waals surface area contributed by atoms with Gasteiger partial charge in [-0.2, -0.15) is 4.98 Å². The summed E-state index contributed by atoms with van der Waals surface area (Å²) >= 11 is 0. The first-order valence-corrected chi connectivity index (χ1v) is 17.2. The number of allylic oxidation sites excluding steroid dienone is 1. The number of hydrogen-bond donors (Lipinski definition) is 1. The minimum absolute atomic E-state index is 0.136. The van der Waals surface area contributed by atoms with E-state index in [9.17, 15) is 14.4 Å². The number of benzene rings is 2. The lowest BCUT2D eigenvalue weighted by atomic mass is 9.93. The largest absolute Gasteiger partial charge is 0.497 e. The normalized spacial score (nSPS) is 22.3. The summed E-state index contributed by atoms with van der Waals surface area (Å²) in [5, 5.41) is 3.66. The number of unbranched alkanes of at least 4 members (excludes halogenated alkanes) is 2. The van der Waals surface area contributed by atoms with Crippen LogP contribution in [0.3, 0.4) is 0 Å². The van der Waals surface area contributed by atoms with Gasteiger partial charge in [0, 0.05) is 30.6 Å². The number of fused-ring (bicyclic) bond motifs is 1. The third kappa shape index (κ3) is 7.46. The number of aromatic nitrogens is 2. The number of rotatable bonds is 16. The zero-order valence-corrected chi connectivity index (χ0v) is 29.7. The molecule has 1 heterocycles. The number of esters is 1. The molecule has 0 aliphatic heterocycles. The Bertz CT molecular complexity index is 1740. The van der Waals surface area contributed by atoms with E-state index >= 15 is 0 Å². The molecule has 11 heteroatoms. The van der Waals surface area contributed by atoms with E-state index in [2.05, 4.69) is 18.5 Å². The first-order valence-electron chi connectivity index (χ1n) is 17.2. The number of nitrogens with zero attached hydrogens (tertiary/aromatic N) is 3. The van der Waals surface area contributed by atoms with Gasteiger partial charge in [-0.1, -0.05) is 12.2 Å². The Morgan fingerprint density at radius 1 is 1.02 bits per heavy atom. The Labute approximate surface area is 294 Å². The van der Waals surface area contributed by atoms with Gasteiger partial charge in [0.1, 0.15) is 23.1 Å². The van der Waals surface area contributed by atoms with Crippen LogP contribution in [-0.2, 0) is 19.1 Å². The maximum absolute atomic E-state index is 14.1. The predicted molar refractivity (Wildman–Crippen MR) is 191 cm³/mol. The molecule has 3 aromatic rings. The molecule has 2 fully saturated rings. The Morgan fingerprint density at radius 2 is 1.76 bits per heavy atom. The van der Waals surface area contributed by atoms with Gasteiger partial charge in [0.2, 0.25) is 17.7 Å². The van der Waals surface area contributed by atoms with Crippen LogP contribution in [0.5, 0.6) is 17.4 Å². The first-order chi connectivity index (χ1) is 24.1. The predicted octanol–water partition coefficient (Wildman–Crippen LogP) is 5.83. The SMILES string of the molecule is C=CCCCCN(C)C(=O)[C@@H]1C[C@H](Oc2nc(-c3ccc(OC)cc3)nc3c(C)c(OC)ccc23)C[C@H]1C(=O)N[C@]1(C(=O)OCC)C[C@H]1C=C. The Kier molecular flexibility index (Phi) is 11.4. The van der Waals surface area contributed by atoms with Crippen LogP contribution in [-0.4, -0.2) is 78.7 Å². The van der Waals surface area contributed by atoms with Crippen LogP contribution in [0.2, 0.25) is 0 Å². The lowest BCUT2D eigenvalue weighted by molar-refractivity contribution is -0.150. The molecule has 5 atom stereocenters. The van der Waals surface area contributed by atoms with Crippen molar-refractivity contribution in [3.63, 3.8) is 0 Å². The topological polar surface area (TPSA) is 129 Å². The fourth-order valence-electron chi connectivity index (χ4n) is 6.88. The maximum atomic E-state index is 14.1. The Balaban J connectivity index is 1.47. The average molecular weight is 685 g/mol. The third-order valence-electron chi connectivity index (χ3n) is 9.87. The molecule has 0 unspecified atom stereocenters. The van der Waals surface area contributed by atoms with Crippen LogP contribution in [0, 0.1) is 24.7 Å². The first kappa shape index (κ1) is 36.4. The van der Waals surface area contributed by atoms with Crippen LogP contribution in [0.25, 0.3) is 22.3 Å². The van der Waals surface area contributed by atoms with Gasteiger partial charge in [-0.05, 0) is 88.8 Å². The highest BCUT2D eigenvalue weighted by Gasteiger charge is 2.62. The molecule has 5 rings (SSSR count). The number of ether oxygens (including phenoxy) is 4. The van der Waals surface area contributed by atoms with Crippen LogP contribution in [0.15, 0.2) is 61.7 Å². The second-order valence-corrected chi connectivity index (χ2v) is 13.1. The average Bonchev–Trinajstić information content (AvgIpc) is 3.69. The minimum Gasteiger partial charge on any atom is -0.497 e. The van der Waals surface area contributed by atoms with Gasteiger partial charge < -0.3 is 29.2 Å². The van der Waals surface area contributed by atoms with Crippen molar-refractivity contribution in [2.24, 2.45) is 17.8 Å². The van der Waals surface area contributed by atoms with Crippen molar-refractivity contribution in [3.8, 4) is 28.8 Å². The molecule has 1 N–H and O–H groups in total. The number of methoxy groups -OCH3 is 2.